The zero-order valence-electron chi connectivity index (χ0n) is 12.1. The Morgan fingerprint density at radius 1 is 1.50 bits per heavy atom. The number of nitrogens with zero attached hydrogens (tertiary/aromatic N) is 2. The van der Waals surface area contributed by atoms with Gasteiger partial charge in [0.25, 0.3) is 0 Å². The van der Waals surface area contributed by atoms with E-state index < -0.39 is 0 Å². The Bertz CT molecular complexity index is 283. The summed E-state index contributed by atoms with van der Waals surface area (Å²) in [7, 11) is 5.47. The van der Waals surface area contributed by atoms with E-state index in [-0.39, 0.29) is 24.0 Å². The van der Waals surface area contributed by atoms with Gasteiger partial charge in [0, 0.05) is 25.2 Å². The first kappa shape index (κ1) is 15.4. The number of carbonyl (C=O) groups is 1. The molecular formula is C13H26N2O3. The molecule has 0 saturated carbocycles. The third-order valence-corrected chi connectivity index (χ3v) is 3.83. The van der Waals surface area contributed by atoms with Crippen molar-refractivity contribution in [1.29, 1.82) is 0 Å². The average Bonchev–Trinajstić information content (AvgIpc) is 2.66. The molecule has 1 heterocycles. The Morgan fingerprint density at radius 2 is 2.11 bits per heavy atom. The highest BCUT2D eigenvalue weighted by Gasteiger charge is 2.37. The van der Waals surface area contributed by atoms with Gasteiger partial charge in [0.15, 0.2) is 0 Å². The van der Waals surface area contributed by atoms with E-state index >= 15 is 0 Å². The molecule has 0 aromatic carbocycles. The topological polar surface area (TPSA) is 53.0 Å². The van der Waals surface area contributed by atoms with Crippen LogP contribution in [-0.4, -0.2) is 73.4 Å². The molecule has 4 unspecified atom stereocenters. The van der Waals surface area contributed by atoms with E-state index in [0.29, 0.717) is 12.6 Å². The maximum absolute atomic E-state index is 11.6. The summed E-state index contributed by atoms with van der Waals surface area (Å²) in [5, 5.41) is 9.83. The van der Waals surface area contributed by atoms with Crippen molar-refractivity contribution in [2.75, 3.05) is 34.3 Å². The molecule has 1 aliphatic heterocycles. The van der Waals surface area contributed by atoms with Gasteiger partial charge >= 0.3 is 5.97 Å². The number of carbonyl (C=O) groups excluding carboxylic acids is 1. The Balaban J connectivity index is 2.69. The lowest BCUT2D eigenvalue weighted by Gasteiger charge is -2.34. The smallest absolute Gasteiger partial charge is 0.309 e. The number of rotatable bonds is 5. The molecule has 0 spiro atoms. The molecule has 1 fully saturated rings. The molecule has 1 rings (SSSR count). The molecule has 0 aromatic rings. The largest absolute Gasteiger partial charge is 0.469 e. The monoisotopic (exact) mass is 258 g/mol. The second-order valence-corrected chi connectivity index (χ2v) is 5.55. The molecule has 18 heavy (non-hydrogen) atoms. The van der Waals surface area contributed by atoms with Gasteiger partial charge < -0.3 is 14.7 Å². The first-order valence-electron chi connectivity index (χ1n) is 6.53. The van der Waals surface area contributed by atoms with Gasteiger partial charge in [0.05, 0.1) is 19.1 Å². The predicted molar refractivity (Wildman–Crippen MR) is 70.3 cm³/mol. The van der Waals surface area contributed by atoms with Crippen LogP contribution in [0.3, 0.4) is 0 Å². The molecule has 0 aromatic heterocycles. The van der Waals surface area contributed by atoms with Crippen LogP contribution in [0.4, 0.5) is 0 Å². The van der Waals surface area contributed by atoms with Gasteiger partial charge in [0.1, 0.15) is 0 Å². The normalized spacial score (nSPS) is 28.4. The van der Waals surface area contributed by atoms with Crippen molar-refractivity contribution >= 4 is 5.97 Å². The third kappa shape index (κ3) is 3.67. The highest BCUT2D eigenvalue weighted by atomic mass is 16.5. The maximum atomic E-state index is 11.6. The van der Waals surface area contributed by atoms with Gasteiger partial charge in [-0.05, 0) is 27.4 Å². The van der Waals surface area contributed by atoms with Gasteiger partial charge in [-0.25, -0.2) is 0 Å². The van der Waals surface area contributed by atoms with Gasteiger partial charge in [-0.2, -0.15) is 0 Å². The molecule has 0 aliphatic carbocycles. The summed E-state index contributed by atoms with van der Waals surface area (Å²) >= 11 is 0. The number of hydrogen-bond donors (Lipinski definition) is 1. The van der Waals surface area contributed by atoms with Crippen molar-refractivity contribution in [2.24, 2.45) is 5.92 Å². The minimum absolute atomic E-state index is 0.0829. The van der Waals surface area contributed by atoms with Gasteiger partial charge in [-0.1, -0.05) is 6.92 Å². The minimum Gasteiger partial charge on any atom is -0.469 e. The lowest BCUT2D eigenvalue weighted by molar-refractivity contribution is -0.147. The van der Waals surface area contributed by atoms with Crippen LogP contribution in [0.15, 0.2) is 0 Å². The van der Waals surface area contributed by atoms with Crippen molar-refractivity contribution in [3.8, 4) is 0 Å². The summed E-state index contributed by atoms with van der Waals surface area (Å²) < 4.78 is 4.80. The molecule has 0 amide bonds. The standard InChI is InChI=1S/C13H26N2O3/c1-9(13(17)18-5)10(2)15-8-12(16)6-11(15)7-14(3)4/h9-12,16H,6-8H2,1-5H3. The van der Waals surface area contributed by atoms with E-state index in [0.717, 1.165) is 13.0 Å². The van der Waals surface area contributed by atoms with Crippen molar-refractivity contribution in [1.82, 2.24) is 9.80 Å². The number of ether oxygens (including phenoxy) is 1. The first-order valence-corrected chi connectivity index (χ1v) is 6.53. The maximum Gasteiger partial charge on any atom is 0.309 e. The number of esters is 1. The number of aliphatic hydroxyl groups excluding tert-OH is 1. The summed E-state index contributed by atoms with van der Waals surface area (Å²) in [5.41, 5.74) is 0. The van der Waals surface area contributed by atoms with Crippen molar-refractivity contribution in [3.05, 3.63) is 0 Å². The summed E-state index contributed by atoms with van der Waals surface area (Å²) in [4.78, 5) is 15.9. The number of hydrogen-bond acceptors (Lipinski definition) is 5. The van der Waals surface area contributed by atoms with Crippen LogP contribution in [0.25, 0.3) is 0 Å². The van der Waals surface area contributed by atoms with Crippen LogP contribution in [0.1, 0.15) is 20.3 Å². The van der Waals surface area contributed by atoms with E-state index in [1.807, 2.05) is 27.9 Å². The number of methoxy groups -OCH3 is 1. The van der Waals surface area contributed by atoms with Crippen molar-refractivity contribution in [3.63, 3.8) is 0 Å². The lowest BCUT2D eigenvalue weighted by Crippen LogP contribution is -2.47. The highest BCUT2D eigenvalue weighted by molar-refractivity contribution is 5.72. The number of aliphatic hydroxyl groups is 1. The molecule has 1 saturated heterocycles. The molecule has 5 heteroatoms. The highest BCUT2D eigenvalue weighted by Crippen LogP contribution is 2.25. The number of likely N-dealkylation sites (tertiary alicyclic amines) is 1. The minimum atomic E-state index is -0.290. The van der Waals surface area contributed by atoms with E-state index in [1.165, 1.54) is 7.11 Å². The van der Waals surface area contributed by atoms with Crippen molar-refractivity contribution < 1.29 is 14.6 Å². The quantitative estimate of drug-likeness (QED) is 0.713. The Kier molecular flexibility index (Phi) is 5.56. The van der Waals surface area contributed by atoms with Crippen LogP contribution < -0.4 is 0 Å². The summed E-state index contributed by atoms with van der Waals surface area (Å²) in [6.45, 7) is 5.45. The Hall–Kier alpha value is -0.650. The molecule has 4 atom stereocenters. The fourth-order valence-electron chi connectivity index (χ4n) is 2.69. The van der Waals surface area contributed by atoms with E-state index in [2.05, 4.69) is 9.80 Å². The second kappa shape index (κ2) is 6.50. The fraction of sp³-hybridized carbons (Fsp3) is 0.923. The third-order valence-electron chi connectivity index (χ3n) is 3.83. The molecule has 5 nitrogen and oxygen atoms in total. The van der Waals surface area contributed by atoms with E-state index in [1.54, 1.807) is 0 Å². The SMILES string of the molecule is COC(=O)C(C)C(C)N1CC(O)CC1CN(C)C. The van der Waals surface area contributed by atoms with E-state index in [4.69, 9.17) is 4.74 Å². The van der Waals surface area contributed by atoms with Gasteiger partial charge in [0.2, 0.25) is 0 Å². The Morgan fingerprint density at radius 3 is 2.61 bits per heavy atom. The molecule has 106 valence electrons. The predicted octanol–water partition coefficient (Wildman–Crippen LogP) is 0.181. The zero-order chi connectivity index (χ0) is 13.9. The van der Waals surface area contributed by atoms with Gasteiger partial charge in [-0.3, -0.25) is 9.69 Å². The number of likely N-dealkylation sites (N-methyl/N-ethyl adjacent to an activating group) is 1. The summed E-state index contributed by atoms with van der Waals surface area (Å²) in [6.07, 6.45) is 0.485. The molecule has 0 bridgehead atoms. The van der Waals surface area contributed by atoms with Crippen LogP contribution in [0.2, 0.25) is 0 Å². The molecule has 1 aliphatic rings. The Labute approximate surface area is 110 Å². The zero-order valence-corrected chi connectivity index (χ0v) is 12.1. The van der Waals surface area contributed by atoms with E-state index in [9.17, 15) is 9.90 Å². The molecular weight excluding hydrogens is 232 g/mol. The van der Waals surface area contributed by atoms with Crippen LogP contribution in [0.5, 0.6) is 0 Å². The summed E-state index contributed by atoms with van der Waals surface area (Å²) in [6, 6.07) is 0.386. The molecule has 0 radical (unpaired) electrons. The van der Waals surface area contributed by atoms with Crippen molar-refractivity contribution in [2.45, 2.75) is 38.5 Å². The van der Waals surface area contributed by atoms with Crippen LogP contribution >= 0.6 is 0 Å². The fourth-order valence-corrected chi connectivity index (χ4v) is 2.69. The van der Waals surface area contributed by atoms with Crippen LogP contribution in [0, 0.1) is 5.92 Å². The number of β-amino-alcohol motifs (C(OH)–C–C–N with tert-alkyl or cyclic N) is 1. The average molecular weight is 258 g/mol. The first-order chi connectivity index (χ1) is 8.36. The molecule has 1 N–H and O–H groups in total. The lowest BCUT2D eigenvalue weighted by atomic mass is 10.0. The van der Waals surface area contributed by atoms with Crippen LogP contribution in [-0.2, 0) is 9.53 Å². The van der Waals surface area contributed by atoms with Gasteiger partial charge in [-0.15, -0.1) is 0 Å². The second-order valence-electron chi connectivity index (χ2n) is 5.55. The summed E-state index contributed by atoms with van der Waals surface area (Å²) in [5.74, 6) is -0.363.